The molecule has 3 aliphatic heterocycles. The third-order valence-electron chi connectivity index (χ3n) is 3.84. The van der Waals surface area contributed by atoms with Crippen molar-refractivity contribution in [2.45, 2.75) is 31.7 Å². The van der Waals surface area contributed by atoms with E-state index in [1.54, 1.807) is 0 Å². The second kappa shape index (κ2) is 3.42. The van der Waals surface area contributed by atoms with Crippen LogP contribution in [0, 0.1) is 5.92 Å². The van der Waals surface area contributed by atoms with Crippen molar-refractivity contribution in [3.8, 4) is 0 Å². The molecule has 14 heavy (non-hydrogen) atoms. The van der Waals surface area contributed by atoms with E-state index < -0.39 is 0 Å². The Morgan fingerprint density at radius 2 is 2.07 bits per heavy atom. The zero-order valence-electron chi connectivity index (χ0n) is 8.75. The Morgan fingerprint density at radius 1 is 1.43 bits per heavy atom. The molecule has 1 atom stereocenters. The van der Waals surface area contributed by atoms with Gasteiger partial charge in [0.25, 0.3) is 0 Å². The molecular weight excluding hydrogens is 178 g/mol. The monoisotopic (exact) mass is 197 g/mol. The number of nitrogens with two attached hydrogens (primary N) is 1. The average molecular weight is 197 g/mol. The first kappa shape index (κ1) is 9.77. The number of hydrogen-bond acceptors (Lipinski definition) is 2. The molecule has 0 aromatic heterocycles. The Balaban J connectivity index is 2.12. The molecule has 3 heterocycles. The van der Waals surface area contributed by atoms with Crippen LogP contribution in [0.25, 0.3) is 0 Å². The maximum atomic E-state index is 11.0. The van der Waals surface area contributed by atoms with Crippen molar-refractivity contribution in [3.05, 3.63) is 0 Å². The van der Waals surface area contributed by atoms with Crippen LogP contribution >= 0.6 is 0 Å². The molecule has 3 aliphatic rings. The third kappa shape index (κ3) is 1.71. The molecule has 0 aliphatic carbocycles. The summed E-state index contributed by atoms with van der Waals surface area (Å²) in [5.74, 6) is 0.605. The average Bonchev–Trinajstić information content (AvgIpc) is 2.36. The first-order valence-corrected chi connectivity index (χ1v) is 5.40. The van der Waals surface area contributed by atoms with Crippen molar-refractivity contribution in [3.63, 3.8) is 0 Å². The number of hydrogen-bond donors (Lipinski definition) is 2. The summed E-state index contributed by atoms with van der Waals surface area (Å²) in [6.07, 6.45) is 3.41. The van der Waals surface area contributed by atoms with Crippen LogP contribution in [0.2, 0.25) is 0 Å². The smallest absolute Gasteiger partial charge is 0.312 e. The lowest BCUT2D eigenvalue weighted by Crippen LogP contribution is -2.53. The van der Waals surface area contributed by atoms with Crippen molar-refractivity contribution in [1.82, 2.24) is 10.2 Å². The number of fused-ring (bicyclic) bond motifs is 4. The lowest BCUT2D eigenvalue weighted by Gasteiger charge is -2.37. The minimum Gasteiger partial charge on any atom is -0.352 e. The van der Waals surface area contributed by atoms with Gasteiger partial charge in [-0.3, -0.25) is 0 Å². The van der Waals surface area contributed by atoms with E-state index in [2.05, 4.69) is 17.1 Å². The van der Waals surface area contributed by atoms with Crippen LogP contribution < -0.4 is 11.1 Å². The van der Waals surface area contributed by atoms with Gasteiger partial charge >= 0.3 is 6.03 Å². The Hall–Kier alpha value is -0.770. The van der Waals surface area contributed by atoms with E-state index in [0.29, 0.717) is 5.92 Å². The first-order valence-electron chi connectivity index (χ1n) is 5.40. The number of nitrogens with zero attached hydrogens (tertiary/aromatic N) is 1. The highest BCUT2D eigenvalue weighted by molar-refractivity contribution is 5.72. The van der Waals surface area contributed by atoms with Crippen LogP contribution in [0.4, 0.5) is 4.79 Å². The fraction of sp³-hybridized carbons (Fsp3) is 0.900. The largest absolute Gasteiger partial charge is 0.352 e. The normalized spacial score (nSPS) is 41.8. The van der Waals surface area contributed by atoms with Gasteiger partial charge in [-0.25, -0.2) is 4.79 Å². The molecule has 3 N–H and O–H groups in total. The van der Waals surface area contributed by atoms with Crippen LogP contribution in [0.15, 0.2) is 0 Å². The minimum absolute atomic E-state index is 0.0723. The maximum absolute atomic E-state index is 11.0. The van der Waals surface area contributed by atoms with Gasteiger partial charge in [-0.05, 0) is 45.2 Å². The Kier molecular flexibility index (Phi) is 2.39. The fourth-order valence-electron chi connectivity index (χ4n) is 2.83. The predicted molar refractivity (Wildman–Crippen MR) is 54.9 cm³/mol. The molecule has 3 fully saturated rings. The molecule has 4 nitrogen and oxygen atoms in total. The number of urea groups is 1. The highest BCUT2D eigenvalue weighted by Crippen LogP contribution is 2.34. The fourth-order valence-corrected chi connectivity index (χ4v) is 2.83. The summed E-state index contributed by atoms with van der Waals surface area (Å²) < 4.78 is 0. The molecular formula is C10H19N3O. The zero-order chi connectivity index (χ0) is 10.2. The number of carbonyl (C=O) groups excluding carboxylic acids is 1. The quantitative estimate of drug-likeness (QED) is 0.644. The molecule has 3 saturated heterocycles. The van der Waals surface area contributed by atoms with Gasteiger partial charge in [-0.1, -0.05) is 0 Å². The van der Waals surface area contributed by atoms with Gasteiger partial charge in [-0.15, -0.1) is 0 Å². The summed E-state index contributed by atoms with van der Waals surface area (Å²) in [7, 11) is 0. The van der Waals surface area contributed by atoms with Crippen molar-refractivity contribution >= 4 is 6.03 Å². The number of piperidine rings is 1. The molecule has 4 heteroatoms. The topological polar surface area (TPSA) is 58.4 Å². The summed E-state index contributed by atoms with van der Waals surface area (Å²) in [6.45, 7) is 5.59. The van der Waals surface area contributed by atoms with Gasteiger partial charge in [0.05, 0.1) is 0 Å². The van der Waals surface area contributed by atoms with E-state index >= 15 is 0 Å². The molecule has 0 saturated carbocycles. The Morgan fingerprint density at radius 3 is 2.64 bits per heavy atom. The van der Waals surface area contributed by atoms with Crippen molar-refractivity contribution < 1.29 is 4.79 Å². The minimum atomic E-state index is -0.382. The van der Waals surface area contributed by atoms with Gasteiger partial charge in [-0.2, -0.15) is 0 Å². The lowest BCUT2D eigenvalue weighted by molar-refractivity contribution is 0.178. The van der Waals surface area contributed by atoms with Crippen LogP contribution in [-0.4, -0.2) is 36.1 Å². The highest BCUT2D eigenvalue weighted by atomic mass is 16.2. The van der Waals surface area contributed by atoms with Gasteiger partial charge in [0, 0.05) is 12.1 Å². The number of rotatable bonds is 1. The van der Waals surface area contributed by atoms with E-state index in [9.17, 15) is 4.79 Å². The van der Waals surface area contributed by atoms with Gasteiger partial charge < -0.3 is 16.0 Å². The molecule has 0 aromatic carbocycles. The van der Waals surface area contributed by atoms with Gasteiger partial charge in [0.1, 0.15) is 0 Å². The zero-order valence-corrected chi connectivity index (χ0v) is 8.75. The molecule has 80 valence electrons. The van der Waals surface area contributed by atoms with Crippen LogP contribution in [0.5, 0.6) is 0 Å². The standard InChI is InChI=1S/C10H19N3O/c1-10(12-9(11)14)4-7-13-5-2-8(10)3-6-13/h8H,2-7H2,1H3,(H3,11,12,14). The number of nitrogens with one attached hydrogen (secondary N) is 1. The van der Waals surface area contributed by atoms with Gasteiger partial charge in [0.15, 0.2) is 0 Å². The SMILES string of the molecule is CC1(NC(N)=O)CCN2CCC1CC2. The van der Waals surface area contributed by atoms with Crippen LogP contribution in [0.1, 0.15) is 26.2 Å². The molecule has 1 unspecified atom stereocenters. The summed E-state index contributed by atoms with van der Waals surface area (Å²) in [4.78, 5) is 13.4. The lowest BCUT2D eigenvalue weighted by atomic mass is 9.79. The third-order valence-corrected chi connectivity index (χ3v) is 3.84. The highest BCUT2D eigenvalue weighted by Gasteiger charge is 2.40. The van der Waals surface area contributed by atoms with E-state index in [1.165, 1.54) is 25.9 Å². The van der Waals surface area contributed by atoms with Crippen LogP contribution in [-0.2, 0) is 0 Å². The number of carbonyl (C=O) groups is 1. The summed E-state index contributed by atoms with van der Waals surface area (Å²) >= 11 is 0. The van der Waals surface area contributed by atoms with Crippen LogP contribution in [0.3, 0.4) is 0 Å². The Labute approximate surface area is 84.8 Å². The van der Waals surface area contributed by atoms with E-state index in [1.807, 2.05) is 0 Å². The van der Waals surface area contributed by atoms with Gasteiger partial charge in [0.2, 0.25) is 0 Å². The molecule has 0 spiro atoms. The van der Waals surface area contributed by atoms with Crippen molar-refractivity contribution in [2.24, 2.45) is 11.7 Å². The molecule has 0 radical (unpaired) electrons. The molecule has 0 aromatic rings. The van der Waals surface area contributed by atoms with Crippen molar-refractivity contribution in [2.75, 3.05) is 19.6 Å². The van der Waals surface area contributed by atoms with E-state index in [-0.39, 0.29) is 11.6 Å². The Bertz CT molecular complexity index is 236. The molecule has 2 bridgehead atoms. The summed E-state index contributed by atoms with van der Waals surface area (Å²) in [5.41, 5.74) is 5.15. The molecule has 3 rings (SSSR count). The molecule has 2 amide bonds. The second-order valence-electron chi connectivity index (χ2n) is 4.77. The van der Waals surface area contributed by atoms with E-state index in [0.717, 1.165) is 13.0 Å². The number of amides is 2. The summed E-state index contributed by atoms with van der Waals surface area (Å²) in [5, 5.41) is 2.94. The summed E-state index contributed by atoms with van der Waals surface area (Å²) in [6, 6.07) is -0.382. The van der Waals surface area contributed by atoms with Crippen molar-refractivity contribution in [1.29, 1.82) is 0 Å². The maximum Gasteiger partial charge on any atom is 0.312 e. The predicted octanol–water partition coefficient (Wildman–Crippen LogP) is 0.529. The second-order valence-corrected chi connectivity index (χ2v) is 4.77. The number of primary amides is 1. The first-order chi connectivity index (χ1) is 6.60. The van der Waals surface area contributed by atoms with E-state index in [4.69, 9.17) is 5.73 Å².